The first-order chi connectivity index (χ1) is 10.8. The fourth-order valence-corrected chi connectivity index (χ4v) is 3.55. The summed E-state index contributed by atoms with van der Waals surface area (Å²) in [4.78, 5) is 23.3. The molecule has 1 N–H and O–H groups in total. The van der Waals surface area contributed by atoms with Crippen LogP contribution in [0.3, 0.4) is 0 Å². The highest BCUT2D eigenvalue weighted by Gasteiger charge is 2.32. The zero-order chi connectivity index (χ0) is 17.0. The lowest BCUT2D eigenvalue weighted by molar-refractivity contribution is -0.146. The van der Waals surface area contributed by atoms with Crippen LogP contribution in [0, 0.1) is 11.7 Å². The number of esters is 1. The molecular weight excluding hydrogens is 327 g/mol. The zero-order valence-electron chi connectivity index (χ0n) is 12.5. The summed E-state index contributed by atoms with van der Waals surface area (Å²) < 4.78 is 45.4. The number of methoxy groups -OCH3 is 1. The summed E-state index contributed by atoms with van der Waals surface area (Å²) in [6.07, 6.45) is 0.614. The molecule has 0 aliphatic carbocycles. The fraction of sp³-hybridized carbons (Fsp3) is 0.429. The average molecular weight is 344 g/mol. The van der Waals surface area contributed by atoms with Crippen molar-refractivity contribution >= 4 is 22.1 Å². The van der Waals surface area contributed by atoms with Crippen LogP contribution in [0.2, 0.25) is 0 Å². The van der Waals surface area contributed by atoms with Crippen LogP contribution in [0.4, 0.5) is 4.39 Å². The van der Waals surface area contributed by atoms with E-state index in [0.717, 1.165) is 10.4 Å². The summed E-state index contributed by atoms with van der Waals surface area (Å²) in [5.41, 5.74) is -0.347. The molecule has 1 aromatic carbocycles. The van der Waals surface area contributed by atoms with Gasteiger partial charge in [0.05, 0.1) is 18.6 Å². The summed E-state index contributed by atoms with van der Waals surface area (Å²) in [7, 11) is -2.81. The van der Waals surface area contributed by atoms with E-state index in [1.54, 1.807) is 0 Å². The molecule has 0 spiro atoms. The van der Waals surface area contributed by atoms with Gasteiger partial charge in [0.1, 0.15) is 5.82 Å². The van der Waals surface area contributed by atoms with Gasteiger partial charge >= 0.3 is 16.2 Å². The molecule has 1 heterocycles. The molecule has 1 fully saturated rings. The second-order valence-corrected chi connectivity index (χ2v) is 6.78. The number of nitrogens with zero attached hydrogens (tertiary/aromatic N) is 1. The topological polar surface area (TPSA) is 92.8 Å². The van der Waals surface area contributed by atoms with Crippen molar-refractivity contribution in [2.75, 3.05) is 20.2 Å². The molecular formula is C14H17FN2O5S. The van der Waals surface area contributed by atoms with Crippen LogP contribution in [0.1, 0.15) is 23.2 Å². The van der Waals surface area contributed by atoms with Gasteiger partial charge in [0, 0.05) is 13.1 Å². The van der Waals surface area contributed by atoms with Crippen LogP contribution >= 0.6 is 0 Å². The summed E-state index contributed by atoms with van der Waals surface area (Å²) >= 11 is 0. The molecule has 7 nitrogen and oxygen atoms in total. The largest absolute Gasteiger partial charge is 0.469 e. The predicted octanol–water partition coefficient (Wildman–Crippen LogP) is 0.685. The van der Waals surface area contributed by atoms with Gasteiger partial charge in [0.2, 0.25) is 0 Å². The number of rotatable bonds is 4. The first kappa shape index (κ1) is 17.4. The molecule has 1 aliphatic heterocycles. The number of ether oxygens (including phenoxy) is 1. The second kappa shape index (κ2) is 7.05. The lowest BCUT2D eigenvalue weighted by Gasteiger charge is -2.29. The maximum Gasteiger partial charge on any atom is 0.308 e. The highest BCUT2D eigenvalue weighted by atomic mass is 32.2. The highest BCUT2D eigenvalue weighted by Crippen LogP contribution is 2.20. The van der Waals surface area contributed by atoms with Crippen LogP contribution in [0.25, 0.3) is 0 Å². The normalized spacial score (nSPS) is 16.8. The average Bonchev–Trinajstić information content (AvgIpc) is 2.54. The van der Waals surface area contributed by atoms with Gasteiger partial charge in [-0.25, -0.2) is 9.11 Å². The Morgan fingerprint density at radius 1 is 1.26 bits per heavy atom. The SMILES string of the molecule is COC(=O)C1CCN(S(=O)(=O)NC(=O)c2ccccc2F)CC1. The van der Waals surface area contributed by atoms with Crippen LogP contribution in [-0.2, 0) is 19.7 Å². The summed E-state index contributed by atoms with van der Waals surface area (Å²) in [5.74, 6) is -2.56. The smallest absolute Gasteiger partial charge is 0.308 e. The molecule has 23 heavy (non-hydrogen) atoms. The molecule has 0 saturated carbocycles. The quantitative estimate of drug-likeness (QED) is 0.811. The minimum absolute atomic E-state index is 0.0830. The number of carbonyl (C=O) groups is 2. The lowest BCUT2D eigenvalue weighted by atomic mass is 9.99. The number of hydrogen-bond acceptors (Lipinski definition) is 5. The Hall–Kier alpha value is -2.00. The molecule has 1 amide bonds. The van der Waals surface area contributed by atoms with E-state index in [4.69, 9.17) is 0 Å². The van der Waals surface area contributed by atoms with E-state index < -0.39 is 21.9 Å². The van der Waals surface area contributed by atoms with Crippen molar-refractivity contribution in [1.29, 1.82) is 0 Å². The van der Waals surface area contributed by atoms with Gasteiger partial charge in [0.15, 0.2) is 0 Å². The van der Waals surface area contributed by atoms with Gasteiger partial charge in [-0.05, 0) is 25.0 Å². The predicted molar refractivity (Wildman–Crippen MR) is 79.1 cm³/mol. The van der Waals surface area contributed by atoms with Gasteiger partial charge in [-0.3, -0.25) is 9.59 Å². The number of nitrogens with one attached hydrogen (secondary N) is 1. The third kappa shape index (κ3) is 4.05. The number of amides is 1. The van der Waals surface area contributed by atoms with E-state index in [2.05, 4.69) is 4.74 Å². The number of halogens is 1. The van der Waals surface area contributed by atoms with Crippen molar-refractivity contribution in [3.05, 3.63) is 35.6 Å². The molecule has 0 aromatic heterocycles. The fourth-order valence-electron chi connectivity index (χ4n) is 2.38. The Morgan fingerprint density at radius 2 is 1.87 bits per heavy atom. The Morgan fingerprint density at radius 3 is 2.43 bits per heavy atom. The monoisotopic (exact) mass is 344 g/mol. The van der Waals surface area contributed by atoms with Crippen molar-refractivity contribution < 1.29 is 27.1 Å². The molecule has 2 rings (SSSR count). The minimum Gasteiger partial charge on any atom is -0.469 e. The Bertz CT molecular complexity index is 699. The van der Waals surface area contributed by atoms with Crippen LogP contribution < -0.4 is 4.72 Å². The van der Waals surface area contributed by atoms with Crippen molar-refractivity contribution in [1.82, 2.24) is 9.03 Å². The molecule has 1 aromatic rings. The number of piperidine rings is 1. The van der Waals surface area contributed by atoms with Crippen molar-refractivity contribution in [2.24, 2.45) is 5.92 Å². The van der Waals surface area contributed by atoms with Gasteiger partial charge in [0.25, 0.3) is 5.91 Å². The van der Waals surface area contributed by atoms with Crippen molar-refractivity contribution in [2.45, 2.75) is 12.8 Å². The second-order valence-electron chi connectivity index (χ2n) is 5.11. The van der Waals surface area contributed by atoms with E-state index in [0.29, 0.717) is 12.8 Å². The zero-order valence-corrected chi connectivity index (χ0v) is 13.3. The molecule has 0 bridgehead atoms. The Kier molecular flexibility index (Phi) is 5.32. The highest BCUT2D eigenvalue weighted by molar-refractivity contribution is 7.87. The van der Waals surface area contributed by atoms with E-state index in [9.17, 15) is 22.4 Å². The molecule has 1 aliphatic rings. The van der Waals surface area contributed by atoms with E-state index in [1.165, 1.54) is 25.3 Å². The van der Waals surface area contributed by atoms with Gasteiger partial charge in [-0.15, -0.1) is 0 Å². The van der Waals surface area contributed by atoms with Gasteiger partial charge in [-0.2, -0.15) is 12.7 Å². The van der Waals surface area contributed by atoms with Gasteiger partial charge < -0.3 is 4.74 Å². The summed E-state index contributed by atoms with van der Waals surface area (Å²) in [6, 6.07) is 5.11. The first-order valence-corrected chi connectivity index (χ1v) is 8.43. The third-order valence-corrected chi connectivity index (χ3v) is 5.16. The number of benzene rings is 1. The van der Waals surface area contributed by atoms with E-state index >= 15 is 0 Å². The molecule has 1 saturated heterocycles. The first-order valence-electron chi connectivity index (χ1n) is 6.99. The summed E-state index contributed by atoms with van der Waals surface area (Å²) in [5, 5.41) is 0. The van der Waals surface area contributed by atoms with E-state index in [-0.39, 0.29) is 30.5 Å². The molecule has 0 atom stereocenters. The van der Waals surface area contributed by atoms with Crippen molar-refractivity contribution in [3.8, 4) is 0 Å². The maximum atomic E-state index is 13.5. The lowest BCUT2D eigenvalue weighted by Crippen LogP contribution is -2.47. The van der Waals surface area contributed by atoms with E-state index in [1.807, 2.05) is 4.72 Å². The Labute approximate surface area is 133 Å². The summed E-state index contributed by atoms with van der Waals surface area (Å²) in [6.45, 7) is 0.166. The molecule has 9 heteroatoms. The molecule has 126 valence electrons. The number of hydrogen-bond donors (Lipinski definition) is 1. The number of carbonyl (C=O) groups excluding carboxylic acids is 2. The maximum absolute atomic E-state index is 13.5. The minimum atomic E-state index is -4.09. The third-order valence-electron chi connectivity index (χ3n) is 3.67. The standard InChI is InChI=1S/C14H17FN2O5S/c1-22-14(19)10-6-8-17(9-7-10)23(20,21)16-13(18)11-4-2-3-5-12(11)15/h2-5,10H,6-9H2,1H3,(H,16,18). The molecule has 0 radical (unpaired) electrons. The molecule has 0 unspecified atom stereocenters. The van der Waals surface area contributed by atoms with Crippen LogP contribution in [0.5, 0.6) is 0 Å². The van der Waals surface area contributed by atoms with Crippen LogP contribution in [0.15, 0.2) is 24.3 Å². The van der Waals surface area contributed by atoms with Gasteiger partial charge in [-0.1, -0.05) is 12.1 Å². The van der Waals surface area contributed by atoms with Crippen LogP contribution in [-0.4, -0.2) is 44.8 Å². The van der Waals surface area contributed by atoms with Crippen molar-refractivity contribution in [3.63, 3.8) is 0 Å². The Balaban J connectivity index is 2.02.